The van der Waals surface area contributed by atoms with E-state index >= 15 is 0 Å². The Bertz CT molecular complexity index is 1040. The van der Waals surface area contributed by atoms with Gasteiger partial charge in [0.15, 0.2) is 0 Å². The zero-order valence-electron chi connectivity index (χ0n) is 15.4. The first-order valence-corrected chi connectivity index (χ1v) is 8.95. The number of anilines is 1. The van der Waals surface area contributed by atoms with Crippen LogP contribution in [0.5, 0.6) is 0 Å². The monoisotopic (exact) mass is 341 g/mol. The fourth-order valence-electron chi connectivity index (χ4n) is 3.51. The van der Waals surface area contributed by atoms with Crippen LogP contribution >= 0.6 is 0 Å². The lowest BCUT2D eigenvalue weighted by molar-refractivity contribution is 0.920. The molecule has 3 nitrogen and oxygen atoms in total. The molecule has 0 amide bonds. The van der Waals surface area contributed by atoms with E-state index in [1.54, 1.807) is 0 Å². The third-order valence-electron chi connectivity index (χ3n) is 4.85. The Morgan fingerprint density at radius 1 is 0.885 bits per heavy atom. The third kappa shape index (κ3) is 3.08. The molecule has 2 aromatic heterocycles. The van der Waals surface area contributed by atoms with Gasteiger partial charge in [-0.1, -0.05) is 48.0 Å². The van der Waals surface area contributed by atoms with Crippen molar-refractivity contribution in [2.75, 3.05) is 5.32 Å². The Kier molecular flexibility index (Phi) is 4.21. The molecule has 2 heterocycles. The van der Waals surface area contributed by atoms with Crippen LogP contribution in [0.2, 0.25) is 0 Å². The largest absolute Gasteiger partial charge is 0.359 e. The zero-order chi connectivity index (χ0) is 18.1. The molecule has 0 radical (unpaired) electrons. The van der Waals surface area contributed by atoms with Gasteiger partial charge in [0.05, 0.1) is 6.04 Å². The number of hydrogen-bond acceptors (Lipinski definition) is 2. The smallest absolute Gasteiger partial charge is 0.126 e. The summed E-state index contributed by atoms with van der Waals surface area (Å²) in [7, 11) is 0. The molecule has 130 valence electrons. The molecule has 0 saturated carbocycles. The topological polar surface area (TPSA) is 40.7 Å². The molecule has 0 bridgehead atoms. The molecule has 0 spiro atoms. The van der Waals surface area contributed by atoms with Gasteiger partial charge in [0.25, 0.3) is 0 Å². The summed E-state index contributed by atoms with van der Waals surface area (Å²) in [5.41, 5.74) is 7.30. The number of nitrogens with one attached hydrogen (secondary N) is 2. The second kappa shape index (κ2) is 6.68. The molecule has 2 N–H and O–H groups in total. The molecule has 0 aliphatic carbocycles. The van der Waals surface area contributed by atoms with Crippen LogP contribution < -0.4 is 5.32 Å². The molecule has 1 atom stereocenters. The molecule has 0 aliphatic heterocycles. The number of aromatic nitrogens is 2. The predicted octanol–water partition coefficient (Wildman–Crippen LogP) is 5.69. The van der Waals surface area contributed by atoms with Crippen molar-refractivity contribution < 1.29 is 0 Å². The molecule has 0 saturated heterocycles. The Hall–Kier alpha value is -3.07. The van der Waals surface area contributed by atoms with Gasteiger partial charge in [-0.25, -0.2) is 4.98 Å². The van der Waals surface area contributed by atoms with Crippen LogP contribution in [0.15, 0.2) is 66.9 Å². The number of aromatic amines is 1. The van der Waals surface area contributed by atoms with Crippen molar-refractivity contribution in [1.29, 1.82) is 0 Å². The number of pyridine rings is 1. The maximum absolute atomic E-state index is 4.52. The second-order valence-electron chi connectivity index (χ2n) is 6.92. The van der Waals surface area contributed by atoms with Crippen molar-refractivity contribution in [2.45, 2.75) is 26.8 Å². The number of rotatable bonds is 4. The van der Waals surface area contributed by atoms with Gasteiger partial charge in [0, 0.05) is 28.4 Å². The number of nitrogens with zero attached hydrogens (tertiary/aromatic N) is 1. The molecule has 4 rings (SSSR count). The quantitative estimate of drug-likeness (QED) is 0.500. The van der Waals surface area contributed by atoms with Crippen LogP contribution in [-0.2, 0) is 0 Å². The molecular formula is C23H23N3. The summed E-state index contributed by atoms with van der Waals surface area (Å²) >= 11 is 0. The van der Waals surface area contributed by atoms with Crippen LogP contribution in [0.1, 0.15) is 34.0 Å². The highest BCUT2D eigenvalue weighted by molar-refractivity contribution is 5.86. The van der Waals surface area contributed by atoms with Crippen LogP contribution in [0.25, 0.3) is 10.9 Å². The van der Waals surface area contributed by atoms with E-state index in [0.717, 1.165) is 11.3 Å². The molecule has 0 aliphatic rings. The first-order chi connectivity index (χ1) is 12.6. The number of fused-ring (bicyclic) bond motifs is 1. The van der Waals surface area contributed by atoms with Crippen LogP contribution in [0, 0.1) is 20.8 Å². The fourth-order valence-corrected chi connectivity index (χ4v) is 3.51. The minimum Gasteiger partial charge on any atom is -0.359 e. The average molecular weight is 341 g/mol. The highest BCUT2D eigenvalue weighted by Gasteiger charge is 2.21. The van der Waals surface area contributed by atoms with Gasteiger partial charge in [0.1, 0.15) is 5.82 Å². The summed E-state index contributed by atoms with van der Waals surface area (Å²) in [6.07, 6.45) is 1.85. The standard InChI is InChI=1S/C23H23N3/c1-15-8-10-18(11-9-15)23(26-21-14-16(2)12-13-24-21)22-17(3)25-20-7-5-4-6-19(20)22/h4-14,23,25H,1-3H3,(H,24,26)/t23-/m1/s1. The van der Waals surface area contributed by atoms with Gasteiger partial charge in [-0.15, -0.1) is 0 Å². The van der Waals surface area contributed by atoms with Crippen molar-refractivity contribution >= 4 is 16.7 Å². The summed E-state index contributed by atoms with van der Waals surface area (Å²) in [5, 5.41) is 4.91. The normalized spacial score (nSPS) is 12.3. The summed E-state index contributed by atoms with van der Waals surface area (Å²) in [4.78, 5) is 8.05. The van der Waals surface area contributed by atoms with Crippen molar-refractivity contribution in [3.05, 3.63) is 94.8 Å². The molecule has 0 unspecified atom stereocenters. The van der Waals surface area contributed by atoms with E-state index in [2.05, 4.69) is 90.7 Å². The highest BCUT2D eigenvalue weighted by Crippen LogP contribution is 2.34. The van der Waals surface area contributed by atoms with Crippen molar-refractivity contribution in [3.8, 4) is 0 Å². The number of H-pyrrole nitrogens is 1. The lowest BCUT2D eigenvalue weighted by Gasteiger charge is -2.21. The molecule has 2 aromatic carbocycles. The molecule has 3 heteroatoms. The maximum Gasteiger partial charge on any atom is 0.126 e. The molecule has 0 fully saturated rings. The summed E-state index contributed by atoms with van der Waals surface area (Å²) in [6, 6.07) is 21.3. The Morgan fingerprint density at radius 3 is 2.42 bits per heavy atom. The van der Waals surface area contributed by atoms with Gasteiger partial charge in [0.2, 0.25) is 0 Å². The second-order valence-corrected chi connectivity index (χ2v) is 6.92. The summed E-state index contributed by atoms with van der Waals surface area (Å²) < 4.78 is 0. The van der Waals surface area contributed by atoms with Crippen molar-refractivity contribution in [1.82, 2.24) is 9.97 Å². The van der Waals surface area contributed by atoms with E-state index in [-0.39, 0.29) is 6.04 Å². The molecule has 26 heavy (non-hydrogen) atoms. The van der Waals surface area contributed by atoms with Gasteiger partial charge < -0.3 is 10.3 Å². The highest BCUT2D eigenvalue weighted by atomic mass is 15.0. The van der Waals surface area contributed by atoms with E-state index in [1.807, 2.05) is 12.3 Å². The minimum absolute atomic E-state index is 0.0287. The SMILES string of the molecule is Cc1ccc([C@@H](Nc2cc(C)ccn2)c2c(C)[nH]c3ccccc23)cc1. The maximum atomic E-state index is 4.52. The lowest BCUT2D eigenvalue weighted by Crippen LogP contribution is -2.14. The van der Waals surface area contributed by atoms with E-state index < -0.39 is 0 Å². The number of aryl methyl sites for hydroxylation is 3. The number of para-hydroxylation sites is 1. The van der Waals surface area contributed by atoms with Crippen LogP contribution in [0.3, 0.4) is 0 Å². The van der Waals surface area contributed by atoms with Crippen LogP contribution in [0.4, 0.5) is 5.82 Å². The molecule has 4 aromatic rings. The Labute approximate surface area is 154 Å². The molecular weight excluding hydrogens is 318 g/mol. The first-order valence-electron chi connectivity index (χ1n) is 8.95. The fraction of sp³-hybridized carbons (Fsp3) is 0.174. The first kappa shape index (κ1) is 16.4. The Morgan fingerprint density at radius 2 is 1.65 bits per heavy atom. The van der Waals surface area contributed by atoms with Gasteiger partial charge in [-0.3, -0.25) is 0 Å². The van der Waals surface area contributed by atoms with Crippen molar-refractivity contribution in [2.24, 2.45) is 0 Å². The Balaban J connectivity index is 1.87. The summed E-state index contributed by atoms with van der Waals surface area (Å²) in [6.45, 7) is 6.35. The van der Waals surface area contributed by atoms with E-state index in [0.29, 0.717) is 0 Å². The summed E-state index contributed by atoms with van der Waals surface area (Å²) in [5.74, 6) is 0.889. The average Bonchev–Trinajstić information content (AvgIpc) is 2.96. The number of hydrogen-bond donors (Lipinski definition) is 2. The van der Waals surface area contributed by atoms with Crippen molar-refractivity contribution in [3.63, 3.8) is 0 Å². The number of benzene rings is 2. The zero-order valence-corrected chi connectivity index (χ0v) is 15.4. The minimum atomic E-state index is 0.0287. The lowest BCUT2D eigenvalue weighted by atomic mass is 9.95. The van der Waals surface area contributed by atoms with Crippen LogP contribution in [-0.4, -0.2) is 9.97 Å². The van der Waals surface area contributed by atoms with E-state index in [4.69, 9.17) is 0 Å². The third-order valence-corrected chi connectivity index (χ3v) is 4.85. The van der Waals surface area contributed by atoms with Gasteiger partial charge >= 0.3 is 0 Å². The predicted molar refractivity (Wildman–Crippen MR) is 109 cm³/mol. The van der Waals surface area contributed by atoms with Gasteiger partial charge in [-0.05, 0) is 50.1 Å². The van der Waals surface area contributed by atoms with E-state index in [9.17, 15) is 0 Å². The van der Waals surface area contributed by atoms with E-state index in [1.165, 1.54) is 33.3 Å². The van der Waals surface area contributed by atoms with Gasteiger partial charge in [-0.2, -0.15) is 0 Å².